The molecule has 0 fully saturated rings. The molecule has 3 rings (SSSR count). The predicted molar refractivity (Wildman–Crippen MR) is 123 cm³/mol. The zero-order chi connectivity index (χ0) is 23.8. The van der Waals surface area contributed by atoms with Gasteiger partial charge in [-0.05, 0) is 61.7 Å². The number of nitrogens with zero attached hydrogens (tertiary/aromatic N) is 2. The molecular formula is C26H28N2O5. The number of furan rings is 1. The number of ether oxygens (including phenoxy) is 2. The number of unbranched alkanes of at least 4 members (excludes halogenated alkanes) is 2. The Morgan fingerprint density at radius 2 is 1.91 bits per heavy atom. The van der Waals surface area contributed by atoms with Crippen LogP contribution in [0.3, 0.4) is 0 Å². The van der Waals surface area contributed by atoms with Crippen molar-refractivity contribution < 1.29 is 23.5 Å². The molecule has 172 valence electrons. The lowest BCUT2D eigenvalue weighted by Gasteiger charge is -2.26. The van der Waals surface area contributed by atoms with Crippen molar-refractivity contribution in [3.63, 3.8) is 0 Å². The van der Waals surface area contributed by atoms with Crippen LogP contribution in [0.1, 0.15) is 51.4 Å². The number of carbonyl (C=O) groups excluding carboxylic acids is 2. The van der Waals surface area contributed by atoms with E-state index in [9.17, 15) is 14.9 Å². The first-order valence-corrected chi connectivity index (χ1v) is 11.1. The summed E-state index contributed by atoms with van der Waals surface area (Å²) in [4.78, 5) is 27.0. The number of carbonyl (C=O) groups is 2. The van der Waals surface area contributed by atoms with Gasteiger partial charge >= 0.3 is 0 Å². The third kappa shape index (κ3) is 5.53. The van der Waals surface area contributed by atoms with Crippen LogP contribution in [0, 0.1) is 11.3 Å². The third-order valence-corrected chi connectivity index (χ3v) is 5.30. The maximum Gasteiger partial charge on any atom is 0.272 e. The Bertz CT molecular complexity index is 1110. The Labute approximate surface area is 193 Å². The Hall–Kier alpha value is -3.79. The van der Waals surface area contributed by atoms with Crippen LogP contribution in [0.5, 0.6) is 11.5 Å². The molecule has 0 bridgehead atoms. The number of rotatable bonds is 10. The van der Waals surface area contributed by atoms with Crippen molar-refractivity contribution in [2.45, 2.75) is 46.6 Å². The number of amides is 2. The standard InChI is InChI=1S/C26H28N2O5/c1-4-6-7-12-33-23-11-10-19(15-24(23)31-5-2)14-21-18(3)22(16-27)26(30)28(25(21)29)17-20-9-8-13-32-20/h8-11,13-15H,4-7,12,17H2,1-3H3/b21-14+. The molecule has 7 heteroatoms. The van der Waals surface area contributed by atoms with E-state index in [1.54, 1.807) is 31.2 Å². The average molecular weight is 449 g/mol. The number of benzene rings is 1. The molecular weight excluding hydrogens is 420 g/mol. The molecule has 0 N–H and O–H groups in total. The van der Waals surface area contributed by atoms with Crippen LogP contribution in [-0.4, -0.2) is 29.9 Å². The smallest absolute Gasteiger partial charge is 0.272 e. The normalized spacial score (nSPS) is 15.2. The van der Waals surface area contributed by atoms with Crippen LogP contribution in [0.2, 0.25) is 0 Å². The fourth-order valence-corrected chi connectivity index (χ4v) is 3.53. The summed E-state index contributed by atoms with van der Waals surface area (Å²) < 4.78 is 16.9. The molecule has 0 saturated heterocycles. The highest BCUT2D eigenvalue weighted by atomic mass is 16.5. The molecule has 2 aromatic rings. The second kappa shape index (κ2) is 11.2. The fourth-order valence-electron chi connectivity index (χ4n) is 3.53. The lowest BCUT2D eigenvalue weighted by molar-refractivity contribution is -0.141. The molecule has 0 aliphatic carbocycles. The van der Waals surface area contributed by atoms with Gasteiger partial charge in [0.05, 0.1) is 26.0 Å². The average Bonchev–Trinajstić information content (AvgIpc) is 3.32. The van der Waals surface area contributed by atoms with Gasteiger partial charge in [-0.2, -0.15) is 5.26 Å². The quantitative estimate of drug-likeness (QED) is 0.287. The Morgan fingerprint density at radius 3 is 2.58 bits per heavy atom. The van der Waals surface area contributed by atoms with E-state index in [4.69, 9.17) is 13.9 Å². The first kappa shape index (κ1) is 23.9. The molecule has 0 radical (unpaired) electrons. The molecule has 0 atom stereocenters. The molecule has 1 aromatic heterocycles. The van der Waals surface area contributed by atoms with Crippen LogP contribution in [-0.2, 0) is 16.1 Å². The van der Waals surface area contributed by atoms with E-state index >= 15 is 0 Å². The minimum atomic E-state index is -0.626. The molecule has 33 heavy (non-hydrogen) atoms. The third-order valence-electron chi connectivity index (χ3n) is 5.30. The van der Waals surface area contributed by atoms with Crippen molar-refractivity contribution in [3.05, 3.63) is 64.6 Å². The summed E-state index contributed by atoms with van der Waals surface area (Å²) >= 11 is 0. The predicted octanol–water partition coefficient (Wildman–Crippen LogP) is 5.04. The molecule has 0 saturated carbocycles. The minimum Gasteiger partial charge on any atom is -0.490 e. The van der Waals surface area contributed by atoms with E-state index in [0.29, 0.717) is 41.6 Å². The summed E-state index contributed by atoms with van der Waals surface area (Å²) in [6, 6.07) is 10.7. The lowest BCUT2D eigenvalue weighted by atomic mass is 9.93. The first-order valence-electron chi connectivity index (χ1n) is 11.1. The van der Waals surface area contributed by atoms with Gasteiger partial charge in [-0.3, -0.25) is 14.5 Å². The number of hydrogen-bond acceptors (Lipinski definition) is 6. The summed E-state index contributed by atoms with van der Waals surface area (Å²) in [5, 5.41) is 9.56. The van der Waals surface area contributed by atoms with Crippen LogP contribution < -0.4 is 9.47 Å². The Kier molecular flexibility index (Phi) is 8.09. The maximum atomic E-state index is 13.2. The minimum absolute atomic E-state index is 0.0464. The van der Waals surface area contributed by atoms with Gasteiger partial charge in [-0.25, -0.2) is 0 Å². The molecule has 7 nitrogen and oxygen atoms in total. The van der Waals surface area contributed by atoms with Crippen molar-refractivity contribution in [2.75, 3.05) is 13.2 Å². The largest absolute Gasteiger partial charge is 0.490 e. The molecule has 1 aliphatic rings. The molecule has 1 aromatic carbocycles. The highest BCUT2D eigenvalue weighted by Gasteiger charge is 2.36. The van der Waals surface area contributed by atoms with Crippen molar-refractivity contribution in [3.8, 4) is 17.6 Å². The number of nitriles is 1. The summed E-state index contributed by atoms with van der Waals surface area (Å²) in [6.45, 7) is 6.66. The van der Waals surface area contributed by atoms with Crippen molar-refractivity contribution >= 4 is 17.9 Å². The fraction of sp³-hybridized carbons (Fsp3) is 0.346. The van der Waals surface area contributed by atoms with E-state index in [0.717, 1.165) is 24.2 Å². The monoisotopic (exact) mass is 448 g/mol. The first-order chi connectivity index (χ1) is 16.0. The van der Waals surface area contributed by atoms with Crippen LogP contribution in [0.25, 0.3) is 6.08 Å². The van der Waals surface area contributed by atoms with Gasteiger partial charge in [0.2, 0.25) is 0 Å². The highest BCUT2D eigenvalue weighted by molar-refractivity contribution is 6.19. The van der Waals surface area contributed by atoms with Gasteiger partial charge in [0.25, 0.3) is 11.8 Å². The molecule has 0 spiro atoms. The van der Waals surface area contributed by atoms with Crippen molar-refractivity contribution in [1.29, 1.82) is 5.26 Å². The van der Waals surface area contributed by atoms with Gasteiger partial charge in [-0.15, -0.1) is 0 Å². The van der Waals surface area contributed by atoms with Crippen molar-refractivity contribution in [1.82, 2.24) is 4.90 Å². The summed E-state index contributed by atoms with van der Waals surface area (Å²) in [6.07, 6.45) is 6.30. The zero-order valence-corrected chi connectivity index (χ0v) is 19.2. The second-order valence-electron chi connectivity index (χ2n) is 7.64. The Morgan fingerprint density at radius 1 is 1.09 bits per heavy atom. The van der Waals surface area contributed by atoms with Crippen LogP contribution >= 0.6 is 0 Å². The molecule has 2 heterocycles. The second-order valence-corrected chi connectivity index (χ2v) is 7.64. The summed E-state index contributed by atoms with van der Waals surface area (Å²) in [5.74, 6) is 0.572. The van der Waals surface area contributed by atoms with Gasteiger partial charge in [0, 0.05) is 5.57 Å². The van der Waals surface area contributed by atoms with Gasteiger partial charge in [0.15, 0.2) is 11.5 Å². The van der Waals surface area contributed by atoms with Crippen LogP contribution in [0.15, 0.2) is 57.7 Å². The van der Waals surface area contributed by atoms with Gasteiger partial charge in [-0.1, -0.05) is 25.8 Å². The van der Waals surface area contributed by atoms with E-state index in [1.165, 1.54) is 6.26 Å². The van der Waals surface area contributed by atoms with E-state index in [1.807, 2.05) is 25.1 Å². The van der Waals surface area contributed by atoms with Gasteiger partial charge in [0.1, 0.15) is 17.4 Å². The highest BCUT2D eigenvalue weighted by Crippen LogP contribution is 2.32. The Balaban J connectivity index is 1.94. The van der Waals surface area contributed by atoms with Crippen molar-refractivity contribution in [2.24, 2.45) is 0 Å². The van der Waals surface area contributed by atoms with E-state index in [2.05, 4.69) is 6.92 Å². The SMILES string of the molecule is CCCCCOc1ccc(/C=C2/C(=O)N(Cc3ccco3)C(=O)C(C#N)=C2C)cc1OCC. The maximum absolute atomic E-state index is 13.2. The molecule has 0 unspecified atom stereocenters. The summed E-state index contributed by atoms with van der Waals surface area (Å²) in [5.41, 5.74) is 1.26. The lowest BCUT2D eigenvalue weighted by Crippen LogP contribution is -2.42. The van der Waals surface area contributed by atoms with E-state index in [-0.39, 0.29) is 17.7 Å². The molecule has 1 aliphatic heterocycles. The van der Waals surface area contributed by atoms with E-state index < -0.39 is 11.8 Å². The number of imide groups is 1. The van der Waals surface area contributed by atoms with Crippen LogP contribution in [0.4, 0.5) is 0 Å². The topological polar surface area (TPSA) is 92.8 Å². The molecule has 2 amide bonds. The zero-order valence-electron chi connectivity index (χ0n) is 19.2. The summed E-state index contributed by atoms with van der Waals surface area (Å²) in [7, 11) is 0. The van der Waals surface area contributed by atoms with Gasteiger partial charge < -0.3 is 13.9 Å². The number of hydrogen-bond donors (Lipinski definition) is 0.